The highest BCUT2D eigenvalue weighted by Gasteiger charge is 2.19. The van der Waals surface area contributed by atoms with E-state index in [1.165, 1.54) is 4.88 Å². The van der Waals surface area contributed by atoms with Crippen LogP contribution in [0.15, 0.2) is 34.8 Å². The second-order valence-electron chi connectivity index (χ2n) is 6.14. The Bertz CT molecular complexity index is 613. The van der Waals surface area contributed by atoms with E-state index in [1.807, 2.05) is 24.3 Å². The molecule has 0 aliphatic heterocycles. The number of hydrogen-bond acceptors (Lipinski definition) is 3. The largest absolute Gasteiger partial charge is 0.496 e. The third kappa shape index (κ3) is 4.09. The zero-order valence-electron chi connectivity index (χ0n) is 12.8. The Kier molecular flexibility index (Phi) is 5.12. The summed E-state index contributed by atoms with van der Waals surface area (Å²) >= 11 is 5.17. The number of thiophene rings is 1. The minimum Gasteiger partial charge on any atom is -0.496 e. The van der Waals surface area contributed by atoms with E-state index in [0.29, 0.717) is 6.42 Å². The summed E-state index contributed by atoms with van der Waals surface area (Å²) in [4.78, 5) is 2.32. The Morgan fingerprint density at radius 1 is 1.24 bits per heavy atom. The number of aliphatic hydroxyl groups is 1. The van der Waals surface area contributed by atoms with Gasteiger partial charge in [0.05, 0.1) is 17.7 Å². The number of hydrogen-bond donors (Lipinski definition) is 1. The molecular weight excluding hydrogens is 348 g/mol. The molecule has 1 heterocycles. The first-order valence-electron chi connectivity index (χ1n) is 6.92. The van der Waals surface area contributed by atoms with E-state index >= 15 is 0 Å². The number of aliphatic hydroxyl groups excluding tert-OH is 1. The van der Waals surface area contributed by atoms with Gasteiger partial charge >= 0.3 is 0 Å². The highest BCUT2D eigenvalue weighted by atomic mass is 79.9. The van der Waals surface area contributed by atoms with E-state index in [2.05, 4.69) is 42.8 Å². The fourth-order valence-corrected chi connectivity index (χ4v) is 3.74. The maximum absolute atomic E-state index is 10.4. The molecule has 0 saturated carbocycles. The first kappa shape index (κ1) is 16.5. The van der Waals surface area contributed by atoms with Gasteiger partial charge in [0.15, 0.2) is 0 Å². The van der Waals surface area contributed by atoms with Gasteiger partial charge in [-0.15, -0.1) is 11.3 Å². The van der Waals surface area contributed by atoms with Crippen LogP contribution in [0.4, 0.5) is 0 Å². The minimum atomic E-state index is -0.466. The number of methoxy groups -OCH3 is 1. The van der Waals surface area contributed by atoms with Crippen molar-refractivity contribution in [2.45, 2.75) is 38.7 Å². The molecule has 0 aliphatic rings. The van der Waals surface area contributed by atoms with E-state index in [-0.39, 0.29) is 5.41 Å². The summed E-state index contributed by atoms with van der Waals surface area (Å²) in [6.45, 7) is 6.57. The minimum absolute atomic E-state index is 0.131. The summed E-state index contributed by atoms with van der Waals surface area (Å²) in [5.41, 5.74) is 1.21. The second kappa shape index (κ2) is 6.51. The van der Waals surface area contributed by atoms with Gasteiger partial charge < -0.3 is 9.84 Å². The summed E-state index contributed by atoms with van der Waals surface area (Å²) < 4.78 is 6.14. The van der Waals surface area contributed by atoms with Crippen molar-refractivity contribution in [2.75, 3.05) is 7.11 Å². The predicted octanol–water partition coefficient (Wildman–Crippen LogP) is 5.09. The monoisotopic (exact) mass is 368 g/mol. The highest BCUT2D eigenvalue weighted by Crippen LogP contribution is 2.34. The van der Waals surface area contributed by atoms with Crippen LogP contribution in [0.1, 0.15) is 42.2 Å². The third-order valence-corrected chi connectivity index (χ3v) is 5.57. The van der Waals surface area contributed by atoms with Crippen LogP contribution in [0.25, 0.3) is 0 Å². The van der Waals surface area contributed by atoms with Gasteiger partial charge in [-0.1, -0.05) is 26.8 Å². The first-order valence-corrected chi connectivity index (χ1v) is 8.53. The lowest BCUT2D eigenvalue weighted by molar-refractivity contribution is 0.182. The SMILES string of the molecule is COc1ccc(CC(O)c2ccc(C(C)(C)C)s2)cc1Br. The Morgan fingerprint density at radius 2 is 1.95 bits per heavy atom. The lowest BCUT2D eigenvalue weighted by Crippen LogP contribution is -2.07. The molecule has 114 valence electrons. The predicted molar refractivity (Wildman–Crippen MR) is 92.4 cm³/mol. The normalized spacial score (nSPS) is 13.2. The van der Waals surface area contributed by atoms with Crippen LogP contribution in [-0.2, 0) is 11.8 Å². The van der Waals surface area contributed by atoms with Gasteiger partial charge in [0.1, 0.15) is 5.75 Å². The summed E-state index contributed by atoms with van der Waals surface area (Å²) in [6.07, 6.45) is 0.138. The van der Waals surface area contributed by atoms with Gasteiger partial charge in [-0.3, -0.25) is 0 Å². The van der Waals surface area contributed by atoms with E-state index in [9.17, 15) is 5.11 Å². The van der Waals surface area contributed by atoms with Crippen LogP contribution < -0.4 is 4.74 Å². The summed E-state index contributed by atoms with van der Waals surface area (Å²) in [6, 6.07) is 10.1. The van der Waals surface area contributed by atoms with Gasteiger partial charge in [0, 0.05) is 16.2 Å². The van der Waals surface area contributed by atoms with Crippen LogP contribution in [0.3, 0.4) is 0 Å². The van der Waals surface area contributed by atoms with E-state index < -0.39 is 6.10 Å². The van der Waals surface area contributed by atoms with Crippen molar-refractivity contribution >= 4 is 27.3 Å². The van der Waals surface area contributed by atoms with Crippen molar-refractivity contribution < 1.29 is 9.84 Å². The van der Waals surface area contributed by atoms with Crippen molar-refractivity contribution in [3.8, 4) is 5.75 Å². The molecule has 0 aliphatic carbocycles. The number of halogens is 1. The maximum Gasteiger partial charge on any atom is 0.133 e. The zero-order valence-corrected chi connectivity index (χ0v) is 15.2. The Hall–Kier alpha value is -0.840. The fourth-order valence-electron chi connectivity index (χ4n) is 2.10. The van der Waals surface area contributed by atoms with Gasteiger partial charge in [-0.25, -0.2) is 0 Å². The topological polar surface area (TPSA) is 29.5 Å². The molecule has 1 aromatic heterocycles. The number of rotatable bonds is 4. The molecule has 0 saturated heterocycles. The molecule has 0 amide bonds. The highest BCUT2D eigenvalue weighted by molar-refractivity contribution is 9.10. The molecule has 21 heavy (non-hydrogen) atoms. The van der Waals surface area contributed by atoms with E-state index in [0.717, 1.165) is 20.7 Å². The van der Waals surface area contributed by atoms with Crippen LogP contribution in [0, 0.1) is 0 Å². The summed E-state index contributed by atoms with van der Waals surface area (Å²) in [5, 5.41) is 10.4. The van der Waals surface area contributed by atoms with E-state index in [1.54, 1.807) is 18.4 Å². The molecule has 0 fully saturated rings. The second-order valence-corrected chi connectivity index (χ2v) is 8.11. The molecular formula is C17H21BrO2S. The maximum atomic E-state index is 10.4. The molecule has 1 atom stereocenters. The molecule has 2 nitrogen and oxygen atoms in total. The number of benzene rings is 1. The van der Waals surface area contributed by atoms with Crippen LogP contribution in [0.5, 0.6) is 5.75 Å². The van der Waals surface area contributed by atoms with Crippen molar-refractivity contribution in [3.05, 3.63) is 50.1 Å². The summed E-state index contributed by atoms with van der Waals surface area (Å²) in [7, 11) is 1.65. The van der Waals surface area contributed by atoms with Crippen LogP contribution in [0.2, 0.25) is 0 Å². The average Bonchev–Trinajstić information content (AvgIpc) is 2.88. The lowest BCUT2D eigenvalue weighted by Gasteiger charge is -2.16. The van der Waals surface area contributed by atoms with E-state index in [4.69, 9.17) is 4.74 Å². The quantitative estimate of drug-likeness (QED) is 0.813. The smallest absolute Gasteiger partial charge is 0.133 e. The van der Waals surface area contributed by atoms with Gasteiger partial charge in [0.2, 0.25) is 0 Å². The Balaban J connectivity index is 2.12. The van der Waals surface area contributed by atoms with Crippen LogP contribution in [-0.4, -0.2) is 12.2 Å². The van der Waals surface area contributed by atoms with Crippen molar-refractivity contribution in [1.82, 2.24) is 0 Å². The van der Waals surface area contributed by atoms with Crippen molar-refractivity contribution in [2.24, 2.45) is 0 Å². The first-order chi connectivity index (χ1) is 9.81. The van der Waals surface area contributed by atoms with Crippen LogP contribution >= 0.6 is 27.3 Å². The zero-order chi connectivity index (χ0) is 15.6. The molecule has 1 N–H and O–H groups in total. The van der Waals surface area contributed by atoms with Gasteiger partial charge in [-0.05, 0) is 51.2 Å². The fraction of sp³-hybridized carbons (Fsp3) is 0.412. The van der Waals surface area contributed by atoms with Gasteiger partial charge in [-0.2, -0.15) is 0 Å². The molecule has 2 aromatic rings. The van der Waals surface area contributed by atoms with Crippen molar-refractivity contribution in [1.29, 1.82) is 0 Å². The molecule has 0 spiro atoms. The number of ether oxygens (including phenoxy) is 1. The molecule has 1 unspecified atom stereocenters. The molecule has 0 bridgehead atoms. The molecule has 0 radical (unpaired) electrons. The Morgan fingerprint density at radius 3 is 2.48 bits per heavy atom. The molecule has 4 heteroatoms. The third-order valence-electron chi connectivity index (χ3n) is 3.34. The molecule has 2 rings (SSSR count). The molecule has 1 aromatic carbocycles. The summed E-state index contributed by atoms with van der Waals surface area (Å²) in [5.74, 6) is 0.805. The van der Waals surface area contributed by atoms with Crippen molar-refractivity contribution in [3.63, 3.8) is 0 Å². The Labute approximate surface area is 138 Å². The standard InChI is InChI=1S/C17H21BrO2S/c1-17(2,3)16-8-7-15(21-16)13(19)10-11-5-6-14(20-4)12(18)9-11/h5-9,13,19H,10H2,1-4H3. The van der Waals surface area contributed by atoms with Gasteiger partial charge in [0.25, 0.3) is 0 Å². The lowest BCUT2D eigenvalue weighted by atomic mass is 9.95. The average molecular weight is 369 g/mol.